The second kappa shape index (κ2) is 5.24. The third kappa shape index (κ3) is 2.33. The van der Waals surface area contributed by atoms with Crippen molar-refractivity contribution < 1.29 is 18.5 Å². The van der Waals surface area contributed by atoms with Crippen molar-refractivity contribution in [3.05, 3.63) is 69.0 Å². The van der Waals surface area contributed by atoms with Gasteiger partial charge in [0.15, 0.2) is 0 Å². The number of nitrogens with one attached hydrogen (secondary N) is 1. The number of hydrogen-bond acceptors (Lipinski definition) is 4. The number of pyridine rings is 1. The fourth-order valence-corrected chi connectivity index (χ4v) is 2.32. The topological polar surface area (TPSA) is 88.9 Å². The van der Waals surface area contributed by atoms with Crippen molar-refractivity contribution in [1.29, 1.82) is 0 Å². The van der Waals surface area contributed by atoms with E-state index in [-0.39, 0.29) is 5.56 Å². The number of hydrogen-bond donors (Lipinski definition) is 1. The molecule has 0 fully saturated rings. The Morgan fingerprint density at radius 1 is 1.35 bits per heavy atom. The number of fused-ring (bicyclic) bond motifs is 1. The number of benzene rings is 1. The number of nitrogens with zero attached hydrogens (tertiary/aromatic N) is 2. The maximum atomic E-state index is 14.2. The quantitative estimate of drug-likeness (QED) is 0.456. The minimum absolute atomic E-state index is 0.00509. The van der Waals surface area contributed by atoms with E-state index < -0.39 is 33.6 Å². The molecule has 0 aliphatic carbocycles. The second-order valence-electron chi connectivity index (χ2n) is 4.95. The lowest BCUT2D eigenvalue weighted by Gasteiger charge is -2.04. The molecule has 23 heavy (non-hydrogen) atoms. The average Bonchev–Trinajstić information content (AvgIpc) is 2.89. The van der Waals surface area contributed by atoms with Gasteiger partial charge in [-0.3, -0.25) is 14.9 Å². The lowest BCUT2D eigenvalue weighted by molar-refractivity contribution is -0.387. The molecule has 6 nitrogen and oxygen atoms in total. The van der Waals surface area contributed by atoms with Crippen LogP contribution in [0.15, 0.2) is 30.6 Å². The molecule has 0 aliphatic heterocycles. The van der Waals surface area contributed by atoms with Crippen LogP contribution in [-0.2, 0) is 0 Å². The molecule has 0 spiro atoms. The number of aryl methyl sites for hydroxylation is 1. The fraction of sp³-hybridized carbons (Fsp3) is 0.0667. The van der Waals surface area contributed by atoms with Gasteiger partial charge in [0.05, 0.1) is 4.92 Å². The zero-order chi connectivity index (χ0) is 16.7. The molecule has 0 unspecified atom stereocenters. The van der Waals surface area contributed by atoms with Crippen LogP contribution >= 0.6 is 0 Å². The summed E-state index contributed by atoms with van der Waals surface area (Å²) in [6.07, 6.45) is 2.85. The second-order valence-corrected chi connectivity index (χ2v) is 4.95. The number of aromatic amines is 1. The summed E-state index contributed by atoms with van der Waals surface area (Å²) in [5.41, 5.74) is -0.781. The molecular weight excluding hydrogens is 308 g/mol. The molecule has 0 amide bonds. The normalized spacial score (nSPS) is 10.9. The first-order valence-electron chi connectivity index (χ1n) is 6.51. The van der Waals surface area contributed by atoms with Crippen molar-refractivity contribution in [1.82, 2.24) is 9.97 Å². The molecule has 1 N–H and O–H groups in total. The Hall–Kier alpha value is -3.16. The van der Waals surface area contributed by atoms with Crippen LogP contribution in [0.5, 0.6) is 0 Å². The number of halogens is 2. The van der Waals surface area contributed by atoms with E-state index in [1.807, 2.05) is 0 Å². The van der Waals surface area contributed by atoms with Gasteiger partial charge in [0.2, 0.25) is 11.6 Å². The van der Waals surface area contributed by atoms with E-state index in [0.29, 0.717) is 23.2 Å². The van der Waals surface area contributed by atoms with Crippen molar-refractivity contribution in [3.8, 4) is 0 Å². The summed E-state index contributed by atoms with van der Waals surface area (Å²) >= 11 is 0. The first-order valence-corrected chi connectivity index (χ1v) is 6.51. The summed E-state index contributed by atoms with van der Waals surface area (Å²) in [6, 6.07) is 3.02. The molecule has 2 heterocycles. The monoisotopic (exact) mass is 317 g/mol. The number of H-pyrrole nitrogens is 1. The van der Waals surface area contributed by atoms with Crippen LogP contribution in [0, 0.1) is 28.7 Å². The number of nitro benzene ring substituents is 1. The smallest absolute Gasteiger partial charge is 0.305 e. The molecule has 0 bridgehead atoms. The standard InChI is InChI=1S/C15H9F2N3O3/c1-7-4-8-9(6-19-15(8)18-5-7)14(21)12-10(16)2-3-11(13(12)17)20(22)23/h2-6H,1H3,(H,18,19). The van der Waals surface area contributed by atoms with Gasteiger partial charge in [-0.25, -0.2) is 9.37 Å². The van der Waals surface area contributed by atoms with Crippen LogP contribution in [0.3, 0.4) is 0 Å². The SMILES string of the molecule is Cc1cnc2[nH]cc(C(=O)c3c(F)ccc([N+](=O)[O-])c3F)c2c1. The Bertz CT molecular complexity index is 966. The highest BCUT2D eigenvalue weighted by Gasteiger charge is 2.28. The minimum Gasteiger partial charge on any atom is -0.345 e. The number of carbonyl (C=O) groups is 1. The summed E-state index contributed by atoms with van der Waals surface area (Å²) in [6.45, 7) is 1.75. The lowest BCUT2D eigenvalue weighted by atomic mass is 10.0. The molecule has 3 aromatic rings. The highest BCUT2D eigenvalue weighted by atomic mass is 19.1. The fourth-order valence-electron chi connectivity index (χ4n) is 2.32. The minimum atomic E-state index is -1.49. The van der Waals surface area contributed by atoms with Crippen LogP contribution in [0.1, 0.15) is 21.5 Å². The summed E-state index contributed by atoms with van der Waals surface area (Å²) in [7, 11) is 0. The van der Waals surface area contributed by atoms with E-state index in [2.05, 4.69) is 9.97 Å². The van der Waals surface area contributed by atoms with Gasteiger partial charge >= 0.3 is 5.69 Å². The Kier molecular flexibility index (Phi) is 3.36. The molecule has 0 saturated carbocycles. The van der Waals surface area contributed by atoms with E-state index in [0.717, 1.165) is 5.56 Å². The van der Waals surface area contributed by atoms with Gasteiger partial charge in [-0.2, -0.15) is 4.39 Å². The van der Waals surface area contributed by atoms with E-state index in [9.17, 15) is 23.7 Å². The summed E-state index contributed by atoms with van der Waals surface area (Å²) in [5.74, 6) is -3.63. The molecule has 8 heteroatoms. The highest BCUT2D eigenvalue weighted by molar-refractivity contribution is 6.16. The number of carbonyl (C=O) groups excluding carboxylic acids is 1. The molecule has 0 atom stereocenters. The largest absolute Gasteiger partial charge is 0.345 e. The summed E-state index contributed by atoms with van der Waals surface area (Å²) in [4.78, 5) is 29.1. The van der Waals surface area contributed by atoms with E-state index >= 15 is 0 Å². The van der Waals surface area contributed by atoms with Gasteiger partial charge in [0.25, 0.3) is 0 Å². The van der Waals surface area contributed by atoms with Crippen LogP contribution < -0.4 is 0 Å². The first-order chi connectivity index (χ1) is 10.9. The maximum Gasteiger partial charge on any atom is 0.305 e. The van der Waals surface area contributed by atoms with Crippen LogP contribution in [0.4, 0.5) is 14.5 Å². The van der Waals surface area contributed by atoms with Crippen molar-refractivity contribution in [3.63, 3.8) is 0 Å². The number of nitro groups is 1. The first kappa shape index (κ1) is 14.8. The molecular formula is C15H9F2N3O3. The van der Waals surface area contributed by atoms with Crippen LogP contribution in [0.25, 0.3) is 11.0 Å². The van der Waals surface area contributed by atoms with E-state index in [1.165, 1.54) is 6.20 Å². The number of rotatable bonds is 3. The number of ketones is 1. The maximum absolute atomic E-state index is 14.2. The van der Waals surface area contributed by atoms with Gasteiger partial charge in [0.1, 0.15) is 17.0 Å². The molecule has 3 rings (SSSR count). The molecule has 0 radical (unpaired) electrons. The molecule has 116 valence electrons. The Balaban J connectivity index is 2.22. The summed E-state index contributed by atoms with van der Waals surface area (Å²) in [5, 5.41) is 11.2. The van der Waals surface area contributed by atoms with Gasteiger partial charge < -0.3 is 4.98 Å². The van der Waals surface area contributed by atoms with Crippen molar-refractivity contribution in [2.45, 2.75) is 6.92 Å². The van der Waals surface area contributed by atoms with E-state index in [4.69, 9.17) is 0 Å². The molecule has 1 aromatic carbocycles. The van der Waals surface area contributed by atoms with Gasteiger partial charge in [0, 0.05) is 29.4 Å². The predicted molar refractivity (Wildman–Crippen MR) is 77.3 cm³/mol. The predicted octanol–water partition coefficient (Wildman–Crippen LogP) is 3.29. The van der Waals surface area contributed by atoms with Crippen molar-refractivity contribution >= 4 is 22.5 Å². The Labute approximate surface area is 127 Å². The van der Waals surface area contributed by atoms with Gasteiger partial charge in [-0.05, 0) is 24.6 Å². The molecule has 2 aromatic heterocycles. The highest BCUT2D eigenvalue weighted by Crippen LogP contribution is 2.27. The van der Waals surface area contributed by atoms with Gasteiger partial charge in [-0.15, -0.1) is 0 Å². The number of aromatic nitrogens is 2. The van der Waals surface area contributed by atoms with Crippen LogP contribution in [0.2, 0.25) is 0 Å². The van der Waals surface area contributed by atoms with Crippen molar-refractivity contribution in [2.75, 3.05) is 0 Å². The third-order valence-electron chi connectivity index (χ3n) is 3.41. The van der Waals surface area contributed by atoms with Crippen molar-refractivity contribution in [2.24, 2.45) is 0 Å². The average molecular weight is 317 g/mol. The third-order valence-corrected chi connectivity index (χ3v) is 3.41. The van der Waals surface area contributed by atoms with Crippen LogP contribution in [-0.4, -0.2) is 20.7 Å². The molecule has 0 aliphatic rings. The Morgan fingerprint density at radius 3 is 2.78 bits per heavy atom. The summed E-state index contributed by atoms with van der Waals surface area (Å²) < 4.78 is 28.1. The van der Waals surface area contributed by atoms with Gasteiger partial charge in [-0.1, -0.05) is 0 Å². The Morgan fingerprint density at radius 2 is 2.09 bits per heavy atom. The molecule has 0 saturated heterocycles. The zero-order valence-electron chi connectivity index (χ0n) is 11.8. The van der Waals surface area contributed by atoms with E-state index in [1.54, 1.807) is 19.2 Å². The zero-order valence-corrected chi connectivity index (χ0v) is 11.8. The lowest BCUT2D eigenvalue weighted by Crippen LogP contribution is -2.09.